The van der Waals surface area contributed by atoms with Gasteiger partial charge in [-0.1, -0.05) is 0 Å². The number of nitrogens with zero attached hydrogens (tertiary/aromatic N) is 1. The molecule has 0 aliphatic carbocycles. The Labute approximate surface area is 137 Å². The van der Waals surface area contributed by atoms with E-state index in [1.807, 2.05) is 32.9 Å². The second kappa shape index (κ2) is 6.40. The van der Waals surface area contributed by atoms with Gasteiger partial charge in [0.15, 0.2) is 0 Å². The van der Waals surface area contributed by atoms with E-state index >= 15 is 0 Å². The third-order valence-electron chi connectivity index (χ3n) is 4.11. The minimum atomic E-state index is -0.474. The van der Waals surface area contributed by atoms with E-state index in [0.29, 0.717) is 12.6 Å². The highest BCUT2D eigenvalue weighted by molar-refractivity contribution is 5.90. The highest BCUT2D eigenvalue weighted by atomic mass is 16.6. The van der Waals surface area contributed by atoms with Crippen LogP contribution in [0.15, 0.2) is 18.2 Å². The number of hydrogen-bond acceptors (Lipinski definition) is 4. The fourth-order valence-corrected chi connectivity index (χ4v) is 3.08. The van der Waals surface area contributed by atoms with Crippen LogP contribution in [0.5, 0.6) is 0 Å². The van der Waals surface area contributed by atoms with Crippen LogP contribution in [0.1, 0.15) is 39.2 Å². The van der Waals surface area contributed by atoms with Gasteiger partial charge in [-0.05, 0) is 63.8 Å². The molecule has 5 nitrogen and oxygen atoms in total. The molecule has 5 heteroatoms. The first-order chi connectivity index (χ1) is 10.9. The van der Waals surface area contributed by atoms with E-state index in [9.17, 15) is 4.79 Å². The second-order valence-electron chi connectivity index (χ2n) is 7.28. The van der Waals surface area contributed by atoms with Crippen molar-refractivity contribution in [1.82, 2.24) is 0 Å². The lowest BCUT2D eigenvalue weighted by Crippen LogP contribution is -2.39. The van der Waals surface area contributed by atoms with Crippen LogP contribution in [0.4, 0.5) is 16.2 Å². The normalized spacial score (nSPS) is 21.0. The number of hydrogen-bond donors (Lipinski definition) is 1. The molecule has 0 bridgehead atoms. The van der Waals surface area contributed by atoms with Crippen molar-refractivity contribution < 1.29 is 14.3 Å². The zero-order valence-electron chi connectivity index (χ0n) is 14.2. The highest BCUT2D eigenvalue weighted by Gasteiger charge is 2.27. The molecular formula is C18H26N2O3. The summed E-state index contributed by atoms with van der Waals surface area (Å²) in [6.07, 6.45) is 2.73. The van der Waals surface area contributed by atoms with Crippen molar-refractivity contribution in [2.75, 3.05) is 30.0 Å². The van der Waals surface area contributed by atoms with E-state index < -0.39 is 5.60 Å². The Morgan fingerprint density at radius 3 is 2.91 bits per heavy atom. The first-order valence-electron chi connectivity index (χ1n) is 8.40. The molecule has 2 aliphatic rings. The van der Waals surface area contributed by atoms with Gasteiger partial charge in [0.05, 0.1) is 18.3 Å². The summed E-state index contributed by atoms with van der Waals surface area (Å²) >= 11 is 0. The van der Waals surface area contributed by atoms with Gasteiger partial charge in [-0.2, -0.15) is 0 Å². The van der Waals surface area contributed by atoms with Crippen LogP contribution in [-0.4, -0.2) is 37.5 Å². The van der Waals surface area contributed by atoms with E-state index in [2.05, 4.69) is 11.4 Å². The van der Waals surface area contributed by atoms with Gasteiger partial charge < -0.3 is 14.8 Å². The maximum atomic E-state index is 12.4. The molecule has 0 radical (unpaired) electrons. The van der Waals surface area contributed by atoms with E-state index in [1.165, 1.54) is 5.56 Å². The molecule has 2 heterocycles. The first-order valence-corrected chi connectivity index (χ1v) is 8.40. The predicted molar refractivity (Wildman–Crippen MR) is 91.2 cm³/mol. The van der Waals surface area contributed by atoms with E-state index in [0.717, 1.165) is 43.9 Å². The van der Waals surface area contributed by atoms with Crippen LogP contribution in [0.25, 0.3) is 0 Å². The summed E-state index contributed by atoms with van der Waals surface area (Å²) in [6.45, 7) is 7.99. The average molecular weight is 318 g/mol. The van der Waals surface area contributed by atoms with Crippen molar-refractivity contribution in [3.8, 4) is 0 Å². The third-order valence-corrected chi connectivity index (χ3v) is 4.11. The number of benzene rings is 1. The maximum absolute atomic E-state index is 12.4. The number of ether oxygens (including phenoxy) is 2. The monoisotopic (exact) mass is 318 g/mol. The maximum Gasteiger partial charge on any atom is 0.414 e. The van der Waals surface area contributed by atoms with Gasteiger partial charge in [-0.25, -0.2) is 4.79 Å². The molecule has 1 unspecified atom stereocenters. The first kappa shape index (κ1) is 16.1. The van der Waals surface area contributed by atoms with Gasteiger partial charge in [0, 0.05) is 18.8 Å². The summed E-state index contributed by atoms with van der Waals surface area (Å²) in [4.78, 5) is 14.2. The predicted octanol–water partition coefficient (Wildman–Crippen LogP) is 3.58. The Morgan fingerprint density at radius 1 is 1.39 bits per heavy atom. The zero-order chi connectivity index (χ0) is 16.4. The fourth-order valence-electron chi connectivity index (χ4n) is 3.08. The summed E-state index contributed by atoms with van der Waals surface area (Å²) in [5.41, 5.74) is 2.80. The van der Waals surface area contributed by atoms with Crippen LogP contribution < -0.4 is 10.2 Å². The molecule has 126 valence electrons. The number of nitrogens with one attached hydrogen (secondary N) is 1. The Bertz CT molecular complexity index is 574. The molecule has 1 aromatic rings. The Morgan fingerprint density at radius 2 is 2.22 bits per heavy atom. The molecular weight excluding hydrogens is 292 g/mol. The van der Waals surface area contributed by atoms with Crippen molar-refractivity contribution in [3.05, 3.63) is 23.8 Å². The summed E-state index contributed by atoms with van der Waals surface area (Å²) in [7, 11) is 0. The van der Waals surface area contributed by atoms with Gasteiger partial charge in [-0.15, -0.1) is 0 Å². The Balaban J connectivity index is 1.75. The molecule has 3 rings (SSSR count). The number of aryl methyl sites for hydroxylation is 1. The largest absolute Gasteiger partial charge is 0.443 e. The lowest BCUT2D eigenvalue weighted by atomic mass is 10.0. The number of anilines is 2. The average Bonchev–Trinajstić information content (AvgIpc) is 2.97. The van der Waals surface area contributed by atoms with E-state index in [-0.39, 0.29) is 6.09 Å². The quantitative estimate of drug-likeness (QED) is 0.905. The molecule has 0 spiro atoms. The fraction of sp³-hybridized carbons (Fsp3) is 0.611. The summed E-state index contributed by atoms with van der Waals surface area (Å²) in [6, 6.07) is 6.61. The molecule has 1 amide bonds. The smallest absolute Gasteiger partial charge is 0.414 e. The Hall–Kier alpha value is -1.75. The third kappa shape index (κ3) is 3.96. The molecule has 1 atom stereocenters. The SMILES string of the molecule is CC(C)(C)OC(=O)N1CCCc2cc(NC3CCOC3)ccc21. The van der Waals surface area contributed by atoms with Gasteiger partial charge in [-0.3, -0.25) is 4.90 Å². The summed E-state index contributed by atoms with van der Waals surface area (Å²) in [5.74, 6) is 0. The van der Waals surface area contributed by atoms with Crippen LogP contribution >= 0.6 is 0 Å². The Kier molecular flexibility index (Phi) is 4.48. The highest BCUT2D eigenvalue weighted by Crippen LogP contribution is 2.31. The molecule has 0 saturated carbocycles. The molecule has 2 aliphatic heterocycles. The minimum absolute atomic E-state index is 0.261. The lowest BCUT2D eigenvalue weighted by Gasteiger charge is -2.32. The van der Waals surface area contributed by atoms with Gasteiger partial charge in [0.1, 0.15) is 5.60 Å². The van der Waals surface area contributed by atoms with Crippen LogP contribution in [-0.2, 0) is 15.9 Å². The summed E-state index contributed by atoms with van der Waals surface area (Å²) in [5, 5.41) is 3.51. The van der Waals surface area contributed by atoms with Gasteiger partial charge in [0.25, 0.3) is 0 Å². The van der Waals surface area contributed by atoms with Crippen molar-refractivity contribution in [3.63, 3.8) is 0 Å². The lowest BCUT2D eigenvalue weighted by molar-refractivity contribution is 0.0578. The molecule has 1 fully saturated rings. The van der Waals surface area contributed by atoms with Gasteiger partial charge in [0.2, 0.25) is 0 Å². The second-order valence-corrected chi connectivity index (χ2v) is 7.28. The topological polar surface area (TPSA) is 50.8 Å². The van der Waals surface area contributed by atoms with Crippen LogP contribution in [0.3, 0.4) is 0 Å². The number of fused-ring (bicyclic) bond motifs is 1. The van der Waals surface area contributed by atoms with Crippen molar-refractivity contribution in [2.45, 2.75) is 51.7 Å². The van der Waals surface area contributed by atoms with Gasteiger partial charge >= 0.3 is 6.09 Å². The zero-order valence-corrected chi connectivity index (χ0v) is 14.2. The number of amides is 1. The van der Waals surface area contributed by atoms with Crippen molar-refractivity contribution in [2.24, 2.45) is 0 Å². The molecule has 1 aromatic carbocycles. The number of carbonyl (C=O) groups excluding carboxylic acids is 1. The van der Waals surface area contributed by atoms with E-state index in [1.54, 1.807) is 4.90 Å². The standard InChI is InChI=1S/C18H26N2O3/c1-18(2,3)23-17(21)20-9-4-5-13-11-14(6-7-16(13)20)19-15-8-10-22-12-15/h6-7,11,15,19H,4-5,8-10,12H2,1-3H3. The van der Waals surface area contributed by atoms with Crippen LogP contribution in [0.2, 0.25) is 0 Å². The number of carbonyl (C=O) groups is 1. The molecule has 23 heavy (non-hydrogen) atoms. The molecule has 1 saturated heterocycles. The number of rotatable bonds is 2. The van der Waals surface area contributed by atoms with Crippen molar-refractivity contribution >= 4 is 17.5 Å². The molecule has 1 N–H and O–H groups in total. The van der Waals surface area contributed by atoms with Crippen LogP contribution in [0, 0.1) is 0 Å². The van der Waals surface area contributed by atoms with E-state index in [4.69, 9.17) is 9.47 Å². The van der Waals surface area contributed by atoms with Crippen molar-refractivity contribution in [1.29, 1.82) is 0 Å². The summed E-state index contributed by atoms with van der Waals surface area (Å²) < 4.78 is 10.9. The molecule has 0 aromatic heterocycles. The minimum Gasteiger partial charge on any atom is -0.443 e.